The Balaban J connectivity index is 2.32. The van der Waals surface area contributed by atoms with Crippen LogP contribution in [0.25, 0.3) is 0 Å². The zero-order valence-electron chi connectivity index (χ0n) is 9.74. The smallest absolute Gasteiger partial charge is 0.119 e. The first-order valence-corrected chi connectivity index (χ1v) is 5.39. The lowest BCUT2D eigenvalue weighted by Crippen LogP contribution is -2.12. The van der Waals surface area contributed by atoms with Gasteiger partial charge in [-0.3, -0.25) is 0 Å². The van der Waals surface area contributed by atoms with Crippen molar-refractivity contribution in [2.24, 2.45) is 0 Å². The summed E-state index contributed by atoms with van der Waals surface area (Å²) in [5, 5.41) is 3.24. The van der Waals surface area contributed by atoms with E-state index in [1.807, 2.05) is 18.2 Å². The van der Waals surface area contributed by atoms with Crippen LogP contribution in [0.15, 0.2) is 36.9 Å². The molecule has 0 aliphatic carbocycles. The Morgan fingerprint density at radius 1 is 1.25 bits per heavy atom. The van der Waals surface area contributed by atoms with Gasteiger partial charge in [0.05, 0.1) is 6.61 Å². The van der Waals surface area contributed by atoms with Gasteiger partial charge in [-0.15, -0.1) is 6.58 Å². The SMILES string of the molecule is C=CCNCc1ccc(OCCOC)cc1. The summed E-state index contributed by atoms with van der Waals surface area (Å²) >= 11 is 0. The molecule has 0 bridgehead atoms. The van der Waals surface area contributed by atoms with Crippen molar-refractivity contribution in [1.82, 2.24) is 5.32 Å². The summed E-state index contributed by atoms with van der Waals surface area (Å²) in [7, 11) is 1.66. The molecule has 1 N–H and O–H groups in total. The molecule has 0 amide bonds. The Hall–Kier alpha value is -1.32. The zero-order chi connectivity index (χ0) is 11.6. The highest BCUT2D eigenvalue weighted by molar-refractivity contribution is 5.27. The molecule has 0 atom stereocenters. The van der Waals surface area contributed by atoms with E-state index in [-0.39, 0.29) is 0 Å². The van der Waals surface area contributed by atoms with E-state index < -0.39 is 0 Å². The number of hydrogen-bond donors (Lipinski definition) is 1. The highest BCUT2D eigenvalue weighted by atomic mass is 16.5. The molecule has 0 aromatic heterocycles. The lowest BCUT2D eigenvalue weighted by Gasteiger charge is -2.06. The first-order valence-electron chi connectivity index (χ1n) is 5.39. The third-order valence-corrected chi connectivity index (χ3v) is 2.10. The van der Waals surface area contributed by atoms with Crippen molar-refractivity contribution in [3.8, 4) is 5.75 Å². The lowest BCUT2D eigenvalue weighted by molar-refractivity contribution is 0.146. The molecular weight excluding hydrogens is 202 g/mol. The molecule has 0 unspecified atom stereocenters. The van der Waals surface area contributed by atoms with Gasteiger partial charge in [-0.05, 0) is 17.7 Å². The number of benzene rings is 1. The van der Waals surface area contributed by atoms with Crippen LogP contribution < -0.4 is 10.1 Å². The monoisotopic (exact) mass is 221 g/mol. The molecule has 0 spiro atoms. The topological polar surface area (TPSA) is 30.5 Å². The minimum Gasteiger partial charge on any atom is -0.491 e. The molecule has 3 heteroatoms. The fourth-order valence-electron chi connectivity index (χ4n) is 1.26. The summed E-state index contributed by atoms with van der Waals surface area (Å²) in [6.45, 7) is 6.53. The molecule has 0 fully saturated rings. The Morgan fingerprint density at radius 2 is 2.00 bits per heavy atom. The van der Waals surface area contributed by atoms with Crippen LogP contribution in [0.5, 0.6) is 5.75 Å². The van der Waals surface area contributed by atoms with Crippen molar-refractivity contribution >= 4 is 0 Å². The average molecular weight is 221 g/mol. The Kier molecular flexibility index (Phi) is 6.30. The van der Waals surface area contributed by atoms with Crippen LogP contribution in [0.3, 0.4) is 0 Å². The second-order valence-corrected chi connectivity index (χ2v) is 3.40. The van der Waals surface area contributed by atoms with E-state index in [1.165, 1.54) is 5.56 Å². The van der Waals surface area contributed by atoms with Gasteiger partial charge < -0.3 is 14.8 Å². The Morgan fingerprint density at radius 3 is 2.62 bits per heavy atom. The lowest BCUT2D eigenvalue weighted by atomic mass is 10.2. The zero-order valence-corrected chi connectivity index (χ0v) is 9.74. The van der Waals surface area contributed by atoms with Gasteiger partial charge in [0.2, 0.25) is 0 Å². The normalized spacial score (nSPS) is 10.1. The quantitative estimate of drug-likeness (QED) is 0.538. The summed E-state index contributed by atoms with van der Waals surface area (Å²) in [5.41, 5.74) is 1.24. The Bertz CT molecular complexity index is 295. The minimum absolute atomic E-state index is 0.588. The van der Waals surface area contributed by atoms with Gasteiger partial charge in [0.15, 0.2) is 0 Å². The highest BCUT2D eigenvalue weighted by Crippen LogP contribution is 2.11. The number of rotatable bonds is 8. The fraction of sp³-hybridized carbons (Fsp3) is 0.385. The van der Waals surface area contributed by atoms with Gasteiger partial charge in [0.1, 0.15) is 12.4 Å². The van der Waals surface area contributed by atoms with Crippen molar-refractivity contribution in [2.45, 2.75) is 6.54 Å². The summed E-state index contributed by atoms with van der Waals surface area (Å²) in [6.07, 6.45) is 1.85. The summed E-state index contributed by atoms with van der Waals surface area (Å²) in [5.74, 6) is 0.879. The van der Waals surface area contributed by atoms with Gasteiger partial charge in [-0.2, -0.15) is 0 Å². The molecule has 0 aliphatic rings. The molecule has 1 aromatic carbocycles. The van der Waals surface area contributed by atoms with E-state index in [0.717, 1.165) is 18.8 Å². The number of nitrogens with one attached hydrogen (secondary N) is 1. The van der Waals surface area contributed by atoms with Gasteiger partial charge >= 0.3 is 0 Å². The largest absolute Gasteiger partial charge is 0.491 e. The van der Waals surface area contributed by atoms with Crippen LogP contribution in [0.2, 0.25) is 0 Å². The summed E-state index contributed by atoms with van der Waals surface area (Å²) in [4.78, 5) is 0. The van der Waals surface area contributed by atoms with Gasteiger partial charge in [-0.1, -0.05) is 18.2 Å². The predicted molar refractivity (Wildman–Crippen MR) is 65.7 cm³/mol. The number of ether oxygens (including phenoxy) is 2. The molecule has 16 heavy (non-hydrogen) atoms. The van der Waals surface area contributed by atoms with Crippen molar-refractivity contribution in [3.63, 3.8) is 0 Å². The van der Waals surface area contributed by atoms with Crippen LogP contribution in [0.1, 0.15) is 5.56 Å². The molecule has 1 aromatic rings. The number of hydrogen-bond acceptors (Lipinski definition) is 3. The van der Waals surface area contributed by atoms with Crippen molar-refractivity contribution < 1.29 is 9.47 Å². The second-order valence-electron chi connectivity index (χ2n) is 3.40. The third-order valence-electron chi connectivity index (χ3n) is 2.10. The van der Waals surface area contributed by atoms with Crippen molar-refractivity contribution in [1.29, 1.82) is 0 Å². The third kappa shape index (κ3) is 4.96. The van der Waals surface area contributed by atoms with E-state index >= 15 is 0 Å². The van der Waals surface area contributed by atoms with E-state index in [2.05, 4.69) is 24.0 Å². The number of methoxy groups -OCH3 is 1. The highest BCUT2D eigenvalue weighted by Gasteiger charge is 1.95. The van der Waals surface area contributed by atoms with Gasteiger partial charge in [0.25, 0.3) is 0 Å². The molecule has 0 saturated heterocycles. The van der Waals surface area contributed by atoms with Crippen LogP contribution in [0, 0.1) is 0 Å². The Labute approximate surface area is 97.1 Å². The molecule has 88 valence electrons. The van der Waals surface area contributed by atoms with E-state index in [9.17, 15) is 0 Å². The van der Waals surface area contributed by atoms with Crippen LogP contribution in [0.4, 0.5) is 0 Å². The van der Waals surface area contributed by atoms with Crippen LogP contribution in [-0.4, -0.2) is 26.9 Å². The van der Waals surface area contributed by atoms with Gasteiger partial charge in [0, 0.05) is 20.2 Å². The molecular formula is C13H19NO2. The van der Waals surface area contributed by atoms with Crippen LogP contribution in [-0.2, 0) is 11.3 Å². The van der Waals surface area contributed by atoms with E-state index in [0.29, 0.717) is 13.2 Å². The van der Waals surface area contributed by atoms with Crippen LogP contribution >= 0.6 is 0 Å². The minimum atomic E-state index is 0.588. The molecule has 0 saturated carbocycles. The molecule has 0 radical (unpaired) electrons. The molecule has 0 aliphatic heterocycles. The molecule has 0 heterocycles. The van der Waals surface area contributed by atoms with Crippen molar-refractivity contribution in [3.05, 3.63) is 42.5 Å². The van der Waals surface area contributed by atoms with Gasteiger partial charge in [-0.25, -0.2) is 0 Å². The van der Waals surface area contributed by atoms with E-state index in [1.54, 1.807) is 7.11 Å². The van der Waals surface area contributed by atoms with E-state index in [4.69, 9.17) is 9.47 Å². The standard InChI is InChI=1S/C13H19NO2/c1-3-8-14-11-12-4-6-13(7-5-12)16-10-9-15-2/h3-7,14H,1,8-11H2,2H3. The maximum Gasteiger partial charge on any atom is 0.119 e. The second kappa shape index (κ2) is 7.91. The molecule has 1 rings (SSSR count). The predicted octanol–water partition coefficient (Wildman–Crippen LogP) is 1.99. The summed E-state index contributed by atoms with van der Waals surface area (Å²) in [6, 6.07) is 8.05. The molecule has 3 nitrogen and oxygen atoms in total. The first kappa shape index (κ1) is 12.7. The van der Waals surface area contributed by atoms with Crippen molar-refractivity contribution in [2.75, 3.05) is 26.9 Å². The fourth-order valence-corrected chi connectivity index (χ4v) is 1.26. The first-order chi connectivity index (χ1) is 7.86. The maximum absolute atomic E-state index is 5.47. The summed E-state index contributed by atoms with van der Waals surface area (Å²) < 4.78 is 10.4. The maximum atomic E-state index is 5.47. The average Bonchev–Trinajstić information content (AvgIpc) is 2.32.